The molecule has 1 aromatic rings. The zero-order valence-electron chi connectivity index (χ0n) is 9.91. The molecule has 6 heteroatoms. The summed E-state index contributed by atoms with van der Waals surface area (Å²) in [6.07, 6.45) is -1.98. The SMILES string of the molecule is CC(=O)OCCN1C(O)c2ccc(O)cc2C1O. The number of carbonyl (C=O) groups is 1. The van der Waals surface area contributed by atoms with E-state index in [4.69, 9.17) is 4.74 Å². The van der Waals surface area contributed by atoms with Crippen LogP contribution in [-0.4, -0.2) is 39.3 Å². The number of aromatic hydroxyl groups is 1. The van der Waals surface area contributed by atoms with E-state index in [2.05, 4.69) is 0 Å². The van der Waals surface area contributed by atoms with Crippen molar-refractivity contribution in [1.82, 2.24) is 4.90 Å². The largest absolute Gasteiger partial charge is 0.508 e. The molecule has 98 valence electrons. The van der Waals surface area contributed by atoms with Gasteiger partial charge in [0.15, 0.2) is 0 Å². The number of carbonyl (C=O) groups excluding carboxylic acids is 1. The highest BCUT2D eigenvalue weighted by atomic mass is 16.5. The Kier molecular flexibility index (Phi) is 3.51. The fourth-order valence-electron chi connectivity index (χ4n) is 2.05. The van der Waals surface area contributed by atoms with Gasteiger partial charge in [0.05, 0.1) is 0 Å². The number of phenols is 1. The molecule has 0 aromatic heterocycles. The highest BCUT2D eigenvalue weighted by Crippen LogP contribution is 2.40. The predicted molar refractivity (Wildman–Crippen MR) is 61.4 cm³/mol. The monoisotopic (exact) mass is 253 g/mol. The van der Waals surface area contributed by atoms with Gasteiger partial charge in [-0.1, -0.05) is 6.07 Å². The zero-order valence-corrected chi connectivity index (χ0v) is 9.91. The summed E-state index contributed by atoms with van der Waals surface area (Å²) in [5.74, 6) is -0.379. The van der Waals surface area contributed by atoms with Crippen LogP contribution in [0.15, 0.2) is 18.2 Å². The summed E-state index contributed by atoms with van der Waals surface area (Å²) in [5.41, 5.74) is 1.01. The third kappa shape index (κ3) is 2.31. The Labute approximate surface area is 104 Å². The van der Waals surface area contributed by atoms with E-state index < -0.39 is 18.4 Å². The molecular formula is C12H15NO5. The summed E-state index contributed by atoms with van der Waals surface area (Å²) in [6, 6.07) is 4.42. The molecule has 0 spiro atoms. The van der Waals surface area contributed by atoms with E-state index >= 15 is 0 Å². The Hall–Kier alpha value is -1.63. The lowest BCUT2D eigenvalue weighted by Crippen LogP contribution is -2.30. The van der Waals surface area contributed by atoms with Gasteiger partial charge >= 0.3 is 5.97 Å². The molecule has 2 unspecified atom stereocenters. The minimum absolute atomic E-state index is 0.0295. The molecule has 0 saturated heterocycles. The summed E-state index contributed by atoms with van der Waals surface area (Å²) in [6.45, 7) is 1.59. The summed E-state index contributed by atoms with van der Waals surface area (Å²) in [4.78, 5) is 12.0. The highest BCUT2D eigenvalue weighted by molar-refractivity contribution is 5.65. The van der Waals surface area contributed by atoms with Crippen molar-refractivity contribution in [2.45, 2.75) is 19.4 Å². The van der Waals surface area contributed by atoms with Crippen LogP contribution in [0, 0.1) is 0 Å². The van der Waals surface area contributed by atoms with Gasteiger partial charge in [-0.25, -0.2) is 4.90 Å². The lowest BCUT2D eigenvalue weighted by molar-refractivity contribution is -0.145. The number of phenolic OH excluding ortho intramolecular Hbond substituents is 1. The second kappa shape index (κ2) is 4.93. The van der Waals surface area contributed by atoms with Crippen LogP contribution in [0.25, 0.3) is 0 Å². The molecule has 2 atom stereocenters. The molecule has 1 heterocycles. The van der Waals surface area contributed by atoms with Gasteiger partial charge in [0.1, 0.15) is 24.8 Å². The molecule has 0 fully saturated rings. The molecule has 0 bridgehead atoms. The molecule has 0 radical (unpaired) electrons. The van der Waals surface area contributed by atoms with Crippen LogP contribution < -0.4 is 0 Å². The number of benzene rings is 1. The second-order valence-corrected chi connectivity index (χ2v) is 4.14. The van der Waals surface area contributed by atoms with Crippen molar-refractivity contribution in [3.8, 4) is 5.75 Å². The number of aliphatic hydroxyl groups excluding tert-OH is 2. The van der Waals surface area contributed by atoms with E-state index in [1.165, 1.54) is 24.0 Å². The Balaban J connectivity index is 2.10. The van der Waals surface area contributed by atoms with Gasteiger partial charge in [0.2, 0.25) is 0 Å². The summed E-state index contributed by atoms with van der Waals surface area (Å²) < 4.78 is 4.77. The molecule has 0 amide bonds. The number of nitrogens with zero attached hydrogens (tertiary/aromatic N) is 1. The number of ether oxygens (including phenoxy) is 1. The van der Waals surface area contributed by atoms with Gasteiger partial charge < -0.3 is 20.1 Å². The van der Waals surface area contributed by atoms with Crippen molar-refractivity contribution in [2.24, 2.45) is 0 Å². The van der Waals surface area contributed by atoms with Gasteiger partial charge in [0, 0.05) is 24.6 Å². The van der Waals surface area contributed by atoms with Gasteiger partial charge in [-0.2, -0.15) is 0 Å². The maximum Gasteiger partial charge on any atom is 0.302 e. The van der Waals surface area contributed by atoms with Gasteiger partial charge in [-0.05, 0) is 12.1 Å². The van der Waals surface area contributed by atoms with Crippen molar-refractivity contribution in [3.05, 3.63) is 29.3 Å². The van der Waals surface area contributed by atoms with Crippen molar-refractivity contribution in [1.29, 1.82) is 0 Å². The molecule has 1 aliphatic heterocycles. The summed E-state index contributed by atoms with van der Waals surface area (Å²) >= 11 is 0. The van der Waals surface area contributed by atoms with E-state index in [9.17, 15) is 20.1 Å². The van der Waals surface area contributed by atoms with Crippen LogP contribution in [-0.2, 0) is 9.53 Å². The fraction of sp³-hybridized carbons (Fsp3) is 0.417. The first-order valence-corrected chi connectivity index (χ1v) is 5.58. The number of esters is 1. The molecule has 1 aliphatic rings. The Bertz CT molecular complexity index is 462. The zero-order chi connectivity index (χ0) is 13.3. The Morgan fingerprint density at radius 1 is 1.33 bits per heavy atom. The minimum atomic E-state index is -1.02. The van der Waals surface area contributed by atoms with E-state index in [-0.39, 0.29) is 18.9 Å². The number of hydrogen-bond donors (Lipinski definition) is 3. The average molecular weight is 253 g/mol. The molecule has 2 rings (SSSR count). The van der Waals surface area contributed by atoms with E-state index in [1.807, 2.05) is 0 Å². The first-order valence-electron chi connectivity index (χ1n) is 5.58. The fourth-order valence-corrected chi connectivity index (χ4v) is 2.05. The summed E-state index contributed by atoms with van der Waals surface area (Å²) in [7, 11) is 0. The highest BCUT2D eigenvalue weighted by Gasteiger charge is 2.36. The van der Waals surface area contributed by atoms with Crippen LogP contribution >= 0.6 is 0 Å². The Morgan fingerprint density at radius 2 is 2.00 bits per heavy atom. The van der Waals surface area contributed by atoms with Crippen LogP contribution in [0.3, 0.4) is 0 Å². The Morgan fingerprint density at radius 3 is 2.67 bits per heavy atom. The van der Waals surface area contributed by atoms with E-state index in [1.54, 1.807) is 6.07 Å². The van der Waals surface area contributed by atoms with Gasteiger partial charge in [-0.3, -0.25) is 4.79 Å². The van der Waals surface area contributed by atoms with Crippen molar-refractivity contribution < 1.29 is 24.9 Å². The van der Waals surface area contributed by atoms with Gasteiger partial charge in [-0.15, -0.1) is 0 Å². The average Bonchev–Trinajstić information content (AvgIpc) is 2.53. The second-order valence-electron chi connectivity index (χ2n) is 4.14. The lowest BCUT2D eigenvalue weighted by Gasteiger charge is -2.23. The molecule has 18 heavy (non-hydrogen) atoms. The lowest BCUT2D eigenvalue weighted by atomic mass is 10.1. The molecule has 0 aliphatic carbocycles. The van der Waals surface area contributed by atoms with E-state index in [0.29, 0.717) is 11.1 Å². The molecule has 3 N–H and O–H groups in total. The van der Waals surface area contributed by atoms with Crippen molar-refractivity contribution >= 4 is 5.97 Å². The maximum atomic E-state index is 10.6. The standard InChI is InChI=1S/C12H15NO5/c1-7(14)18-5-4-13-11(16)9-3-2-8(15)6-10(9)12(13)17/h2-3,6,11-12,15-17H,4-5H2,1H3. The normalized spacial score (nSPS) is 22.8. The number of hydrogen-bond acceptors (Lipinski definition) is 6. The number of fused-ring (bicyclic) bond motifs is 1. The smallest absolute Gasteiger partial charge is 0.302 e. The van der Waals surface area contributed by atoms with E-state index in [0.717, 1.165) is 0 Å². The molecular weight excluding hydrogens is 238 g/mol. The van der Waals surface area contributed by atoms with Gasteiger partial charge in [0.25, 0.3) is 0 Å². The quantitative estimate of drug-likeness (QED) is 0.669. The minimum Gasteiger partial charge on any atom is -0.508 e. The topological polar surface area (TPSA) is 90.2 Å². The predicted octanol–water partition coefficient (Wildman–Crippen LogP) is 0.253. The molecule has 6 nitrogen and oxygen atoms in total. The first-order chi connectivity index (χ1) is 8.50. The van der Waals surface area contributed by atoms with Crippen LogP contribution in [0.2, 0.25) is 0 Å². The van der Waals surface area contributed by atoms with Crippen LogP contribution in [0.1, 0.15) is 30.5 Å². The summed E-state index contributed by atoms with van der Waals surface area (Å²) in [5, 5.41) is 29.4. The third-order valence-corrected chi connectivity index (χ3v) is 2.91. The molecule has 1 aromatic carbocycles. The van der Waals surface area contributed by atoms with Crippen LogP contribution in [0.5, 0.6) is 5.75 Å². The third-order valence-electron chi connectivity index (χ3n) is 2.91. The number of rotatable bonds is 3. The number of aliphatic hydroxyl groups is 2. The van der Waals surface area contributed by atoms with Crippen molar-refractivity contribution in [3.63, 3.8) is 0 Å². The van der Waals surface area contributed by atoms with Crippen LogP contribution in [0.4, 0.5) is 0 Å². The first kappa shape index (κ1) is 12.8. The van der Waals surface area contributed by atoms with Crippen molar-refractivity contribution in [2.75, 3.05) is 13.2 Å². The molecule has 0 saturated carbocycles. The maximum absolute atomic E-state index is 10.6.